The van der Waals surface area contributed by atoms with Gasteiger partial charge in [-0.3, -0.25) is 4.79 Å². The maximum atomic E-state index is 12.9. The fourth-order valence-electron chi connectivity index (χ4n) is 2.90. The Morgan fingerprint density at radius 3 is 2.23 bits per heavy atom. The van der Waals surface area contributed by atoms with Crippen molar-refractivity contribution in [3.63, 3.8) is 0 Å². The Kier molecular flexibility index (Phi) is 6.69. The summed E-state index contributed by atoms with van der Waals surface area (Å²) in [5.74, 6) is -0.410. The fourth-order valence-corrected chi connectivity index (χ4v) is 2.90. The van der Waals surface area contributed by atoms with Crippen LogP contribution in [0, 0.1) is 12.8 Å². The van der Waals surface area contributed by atoms with Crippen molar-refractivity contribution < 1.29 is 23.8 Å². The molecule has 3 aromatic rings. The molecule has 0 atom stereocenters. The van der Waals surface area contributed by atoms with Crippen LogP contribution in [-0.2, 0) is 16.1 Å². The highest BCUT2D eigenvalue weighted by molar-refractivity contribution is 6.02. The van der Waals surface area contributed by atoms with Crippen molar-refractivity contribution in [1.29, 1.82) is 0 Å². The molecule has 1 aromatic heterocycles. The average Bonchev–Trinajstić information content (AvgIpc) is 2.76. The van der Waals surface area contributed by atoms with Crippen molar-refractivity contribution >= 4 is 28.6 Å². The lowest BCUT2D eigenvalue weighted by Crippen LogP contribution is -2.20. The summed E-state index contributed by atoms with van der Waals surface area (Å²) in [4.78, 5) is 34.2. The molecule has 0 fully saturated rings. The summed E-state index contributed by atoms with van der Waals surface area (Å²) in [6.07, 6.45) is 0. The number of fused-ring (bicyclic) bond motifs is 1. The number of rotatable bonds is 7. The summed E-state index contributed by atoms with van der Waals surface area (Å²) >= 11 is 0. The van der Waals surface area contributed by atoms with Crippen LogP contribution in [0.2, 0.25) is 0 Å². The van der Waals surface area contributed by atoms with Gasteiger partial charge < -0.3 is 19.5 Å². The van der Waals surface area contributed by atoms with E-state index in [-0.39, 0.29) is 29.7 Å². The molecule has 1 heterocycles. The first kappa shape index (κ1) is 22.0. The van der Waals surface area contributed by atoms with Gasteiger partial charge in [0.2, 0.25) is 5.91 Å². The molecule has 0 radical (unpaired) electrons. The summed E-state index contributed by atoms with van der Waals surface area (Å²) in [7, 11) is 2.94. The van der Waals surface area contributed by atoms with Crippen molar-refractivity contribution in [3.05, 3.63) is 53.3 Å². The highest BCUT2D eigenvalue weighted by Gasteiger charge is 2.21. The standard InChI is InChI=1S/C23H25N3O5/c1-13(2)22(27)26-18-11-21(30-5)20(29-4)10-15(18)23(28)31-12-19-14(3)24-16-8-6-7-9-17(16)25-19/h6-11,13H,12H2,1-5H3,(H,26,27). The van der Waals surface area contributed by atoms with E-state index in [9.17, 15) is 9.59 Å². The van der Waals surface area contributed by atoms with Crippen molar-refractivity contribution in [3.8, 4) is 11.5 Å². The van der Waals surface area contributed by atoms with Gasteiger partial charge in [-0.25, -0.2) is 14.8 Å². The lowest BCUT2D eigenvalue weighted by Gasteiger charge is -2.16. The Morgan fingerprint density at radius 2 is 1.61 bits per heavy atom. The first-order chi connectivity index (χ1) is 14.8. The van der Waals surface area contributed by atoms with Crippen molar-refractivity contribution in [2.24, 2.45) is 5.92 Å². The lowest BCUT2D eigenvalue weighted by molar-refractivity contribution is -0.118. The second-order valence-electron chi connectivity index (χ2n) is 7.22. The minimum Gasteiger partial charge on any atom is -0.493 e. The average molecular weight is 423 g/mol. The summed E-state index contributed by atoms with van der Waals surface area (Å²) < 4.78 is 16.1. The highest BCUT2D eigenvalue weighted by Crippen LogP contribution is 2.34. The Morgan fingerprint density at radius 1 is 1.00 bits per heavy atom. The first-order valence-electron chi connectivity index (χ1n) is 9.80. The number of aromatic nitrogens is 2. The minimum absolute atomic E-state index is 0.0611. The number of aryl methyl sites for hydroxylation is 1. The molecule has 0 bridgehead atoms. The van der Waals surface area contributed by atoms with Gasteiger partial charge in [-0.05, 0) is 19.1 Å². The van der Waals surface area contributed by atoms with Gasteiger partial charge in [-0.15, -0.1) is 0 Å². The minimum atomic E-state index is -0.630. The number of hydrogen-bond acceptors (Lipinski definition) is 7. The van der Waals surface area contributed by atoms with E-state index in [0.29, 0.717) is 22.9 Å². The lowest BCUT2D eigenvalue weighted by atomic mass is 10.1. The van der Waals surface area contributed by atoms with Crippen LogP contribution in [0.25, 0.3) is 11.0 Å². The molecular weight excluding hydrogens is 398 g/mol. The number of carbonyl (C=O) groups excluding carboxylic acids is 2. The normalized spacial score (nSPS) is 10.8. The first-order valence-corrected chi connectivity index (χ1v) is 9.80. The number of amides is 1. The van der Waals surface area contributed by atoms with Crippen LogP contribution in [0.15, 0.2) is 36.4 Å². The molecule has 1 amide bonds. The van der Waals surface area contributed by atoms with Gasteiger partial charge in [-0.2, -0.15) is 0 Å². The van der Waals surface area contributed by atoms with Crippen molar-refractivity contribution in [2.45, 2.75) is 27.4 Å². The number of para-hydroxylation sites is 2. The van der Waals surface area contributed by atoms with Gasteiger partial charge in [0.15, 0.2) is 11.5 Å². The van der Waals surface area contributed by atoms with Crippen LogP contribution >= 0.6 is 0 Å². The largest absolute Gasteiger partial charge is 0.493 e. The van der Waals surface area contributed by atoms with E-state index in [2.05, 4.69) is 15.3 Å². The van der Waals surface area contributed by atoms with Crippen LogP contribution < -0.4 is 14.8 Å². The summed E-state index contributed by atoms with van der Waals surface area (Å²) in [5.41, 5.74) is 3.15. The van der Waals surface area contributed by atoms with Crippen LogP contribution in [0.4, 0.5) is 5.69 Å². The topological polar surface area (TPSA) is 99.6 Å². The number of hydrogen-bond donors (Lipinski definition) is 1. The maximum absolute atomic E-state index is 12.9. The predicted octanol–water partition coefficient (Wildman–Crippen LogP) is 3.91. The smallest absolute Gasteiger partial charge is 0.340 e. The van der Waals surface area contributed by atoms with E-state index in [4.69, 9.17) is 14.2 Å². The van der Waals surface area contributed by atoms with Crippen LogP contribution in [0.3, 0.4) is 0 Å². The molecule has 0 aliphatic rings. The van der Waals surface area contributed by atoms with Gasteiger partial charge in [0.05, 0.1) is 47.9 Å². The number of nitrogens with zero attached hydrogens (tertiary/aromatic N) is 2. The molecule has 0 spiro atoms. The third-order valence-electron chi connectivity index (χ3n) is 4.71. The van der Waals surface area contributed by atoms with Crippen molar-refractivity contribution in [2.75, 3.05) is 19.5 Å². The number of ether oxygens (including phenoxy) is 3. The molecule has 8 heteroatoms. The van der Waals surface area contributed by atoms with Crippen molar-refractivity contribution in [1.82, 2.24) is 9.97 Å². The summed E-state index contributed by atoms with van der Waals surface area (Å²) in [6, 6.07) is 10.5. The van der Waals surface area contributed by atoms with Gasteiger partial charge in [0.1, 0.15) is 6.61 Å². The molecule has 162 valence electrons. The zero-order valence-corrected chi connectivity index (χ0v) is 18.2. The zero-order chi connectivity index (χ0) is 22.5. The fraction of sp³-hybridized carbons (Fsp3) is 0.304. The van der Waals surface area contributed by atoms with E-state index >= 15 is 0 Å². The molecule has 0 unspecified atom stereocenters. The van der Waals surface area contributed by atoms with Gasteiger partial charge in [0.25, 0.3) is 0 Å². The molecule has 0 saturated carbocycles. The van der Waals surface area contributed by atoms with E-state index in [1.165, 1.54) is 26.4 Å². The molecule has 3 rings (SSSR count). The summed E-state index contributed by atoms with van der Waals surface area (Å²) in [6.45, 7) is 5.27. The highest BCUT2D eigenvalue weighted by atomic mass is 16.5. The van der Waals surface area contributed by atoms with E-state index in [1.807, 2.05) is 31.2 Å². The quantitative estimate of drug-likeness (QED) is 0.575. The number of carbonyl (C=O) groups is 2. The molecular formula is C23H25N3O5. The SMILES string of the molecule is COc1cc(NC(=O)C(C)C)c(C(=O)OCc2nc3ccccc3nc2C)cc1OC. The monoisotopic (exact) mass is 423 g/mol. The number of esters is 1. The second-order valence-corrected chi connectivity index (χ2v) is 7.22. The van der Waals surface area contributed by atoms with Crippen LogP contribution in [0.5, 0.6) is 11.5 Å². The van der Waals surface area contributed by atoms with Crippen LogP contribution in [-0.4, -0.2) is 36.1 Å². The van der Waals surface area contributed by atoms with Crippen LogP contribution in [0.1, 0.15) is 35.6 Å². The Balaban J connectivity index is 1.89. The Labute approximate surface area is 180 Å². The van der Waals surface area contributed by atoms with Gasteiger partial charge in [-0.1, -0.05) is 26.0 Å². The van der Waals surface area contributed by atoms with E-state index < -0.39 is 5.97 Å². The molecule has 31 heavy (non-hydrogen) atoms. The number of anilines is 1. The molecule has 1 N–H and O–H groups in total. The maximum Gasteiger partial charge on any atom is 0.340 e. The second kappa shape index (κ2) is 9.42. The Hall–Kier alpha value is -3.68. The van der Waals surface area contributed by atoms with E-state index in [1.54, 1.807) is 13.8 Å². The predicted molar refractivity (Wildman–Crippen MR) is 116 cm³/mol. The third-order valence-corrected chi connectivity index (χ3v) is 4.71. The number of nitrogens with one attached hydrogen (secondary N) is 1. The van der Waals surface area contributed by atoms with E-state index in [0.717, 1.165) is 11.0 Å². The molecule has 8 nitrogen and oxygen atoms in total. The molecule has 2 aromatic carbocycles. The molecule has 0 aliphatic heterocycles. The zero-order valence-electron chi connectivity index (χ0n) is 18.2. The van der Waals surface area contributed by atoms with Gasteiger partial charge >= 0.3 is 5.97 Å². The third kappa shape index (κ3) is 4.91. The number of methoxy groups -OCH3 is 2. The summed E-state index contributed by atoms with van der Waals surface area (Å²) in [5, 5.41) is 2.75. The Bertz CT molecular complexity index is 1130. The van der Waals surface area contributed by atoms with Gasteiger partial charge in [0, 0.05) is 18.1 Å². The molecule has 0 aliphatic carbocycles. The molecule has 0 saturated heterocycles. The number of benzene rings is 2.